The van der Waals surface area contributed by atoms with Crippen molar-refractivity contribution in [1.29, 1.82) is 0 Å². The molecule has 0 radical (unpaired) electrons. The molecular formula is C9H19N3O2S. The maximum absolute atomic E-state index is 11.4. The molecule has 1 saturated carbocycles. The lowest BCUT2D eigenvalue weighted by Gasteiger charge is -2.06. The first-order chi connectivity index (χ1) is 6.92. The Balaban J connectivity index is 2.30. The van der Waals surface area contributed by atoms with Crippen molar-refractivity contribution in [2.75, 3.05) is 12.3 Å². The zero-order chi connectivity index (χ0) is 11.5. The topological polar surface area (TPSA) is 84.5 Å². The van der Waals surface area contributed by atoms with Gasteiger partial charge in [-0.25, -0.2) is 8.42 Å². The molecule has 3 N–H and O–H groups in total. The summed E-state index contributed by atoms with van der Waals surface area (Å²) in [5.74, 6) is 0.425. The van der Waals surface area contributed by atoms with Gasteiger partial charge in [0.1, 0.15) is 0 Å². The predicted molar refractivity (Wildman–Crippen MR) is 61.6 cm³/mol. The van der Waals surface area contributed by atoms with E-state index in [0.29, 0.717) is 12.0 Å². The highest BCUT2D eigenvalue weighted by molar-refractivity contribution is 7.92. The van der Waals surface area contributed by atoms with Crippen LogP contribution in [-0.2, 0) is 9.84 Å². The maximum Gasteiger partial charge on any atom is 0.188 e. The van der Waals surface area contributed by atoms with E-state index in [4.69, 9.17) is 5.73 Å². The van der Waals surface area contributed by atoms with Crippen molar-refractivity contribution in [1.82, 2.24) is 5.32 Å². The van der Waals surface area contributed by atoms with Crippen LogP contribution in [0.4, 0.5) is 0 Å². The van der Waals surface area contributed by atoms with Gasteiger partial charge in [-0.15, -0.1) is 0 Å². The summed E-state index contributed by atoms with van der Waals surface area (Å²) in [5.41, 5.74) is 5.56. The van der Waals surface area contributed by atoms with E-state index in [1.165, 1.54) is 0 Å². The van der Waals surface area contributed by atoms with Crippen LogP contribution in [0.15, 0.2) is 4.99 Å². The van der Waals surface area contributed by atoms with Gasteiger partial charge in [-0.05, 0) is 26.7 Å². The Bertz CT molecular complexity index is 331. The summed E-state index contributed by atoms with van der Waals surface area (Å²) in [4.78, 5) is 3.98. The van der Waals surface area contributed by atoms with Crippen LogP contribution >= 0.6 is 0 Å². The third kappa shape index (κ3) is 4.51. The monoisotopic (exact) mass is 233 g/mol. The molecule has 1 aliphatic rings. The molecule has 0 bridgehead atoms. The van der Waals surface area contributed by atoms with Gasteiger partial charge in [-0.3, -0.25) is 4.99 Å². The van der Waals surface area contributed by atoms with E-state index in [1.54, 1.807) is 13.8 Å². The molecule has 0 unspecified atom stereocenters. The first-order valence-electron chi connectivity index (χ1n) is 5.20. The predicted octanol–water partition coefficient (Wildman–Crippen LogP) is -0.124. The second kappa shape index (κ2) is 4.83. The van der Waals surface area contributed by atoms with Crippen LogP contribution in [-0.4, -0.2) is 38.0 Å². The Hall–Kier alpha value is -0.780. The normalized spacial score (nSPS) is 18.2. The van der Waals surface area contributed by atoms with Gasteiger partial charge in [-0.1, -0.05) is 0 Å². The summed E-state index contributed by atoms with van der Waals surface area (Å²) in [7, 11) is -3.00. The minimum absolute atomic E-state index is 0.0672. The van der Waals surface area contributed by atoms with E-state index in [2.05, 4.69) is 10.3 Å². The molecule has 0 aromatic rings. The average molecular weight is 233 g/mol. The fourth-order valence-electron chi connectivity index (χ4n) is 1.01. The van der Waals surface area contributed by atoms with Crippen LogP contribution in [0.1, 0.15) is 26.7 Å². The number of hydrogen-bond donors (Lipinski definition) is 2. The SMILES string of the molecule is CC(C)S(=O)(=O)CCN=C(N)NC1CC1. The number of nitrogens with zero attached hydrogens (tertiary/aromatic N) is 1. The minimum Gasteiger partial charge on any atom is -0.370 e. The summed E-state index contributed by atoms with van der Waals surface area (Å²) in [6, 6.07) is 0.454. The highest BCUT2D eigenvalue weighted by atomic mass is 32.2. The van der Waals surface area contributed by atoms with Gasteiger partial charge in [0.05, 0.1) is 17.5 Å². The molecular weight excluding hydrogens is 214 g/mol. The first kappa shape index (κ1) is 12.3. The summed E-state index contributed by atoms with van der Waals surface area (Å²) in [6.07, 6.45) is 2.25. The molecule has 1 fully saturated rings. The highest BCUT2D eigenvalue weighted by Crippen LogP contribution is 2.17. The highest BCUT2D eigenvalue weighted by Gasteiger charge is 2.21. The number of aliphatic imine (C=N–C) groups is 1. The summed E-state index contributed by atoms with van der Waals surface area (Å²) < 4.78 is 22.8. The van der Waals surface area contributed by atoms with Gasteiger partial charge in [0.2, 0.25) is 0 Å². The van der Waals surface area contributed by atoms with E-state index in [1.807, 2.05) is 0 Å². The number of hydrogen-bond acceptors (Lipinski definition) is 3. The molecule has 0 aliphatic heterocycles. The summed E-state index contributed by atoms with van der Waals surface area (Å²) in [6.45, 7) is 3.59. The lowest BCUT2D eigenvalue weighted by atomic mass is 10.6. The second-order valence-electron chi connectivity index (χ2n) is 4.10. The van der Waals surface area contributed by atoms with E-state index >= 15 is 0 Å². The fourth-order valence-corrected chi connectivity index (χ4v) is 1.83. The van der Waals surface area contributed by atoms with Crippen LogP contribution in [0, 0.1) is 0 Å². The largest absolute Gasteiger partial charge is 0.370 e. The molecule has 88 valence electrons. The van der Waals surface area contributed by atoms with Gasteiger partial charge in [0.15, 0.2) is 15.8 Å². The minimum atomic E-state index is -3.00. The average Bonchev–Trinajstić information content (AvgIpc) is 2.87. The Morgan fingerprint density at radius 3 is 2.60 bits per heavy atom. The van der Waals surface area contributed by atoms with Gasteiger partial charge < -0.3 is 11.1 Å². The van der Waals surface area contributed by atoms with Crippen molar-refractivity contribution in [3.63, 3.8) is 0 Å². The van der Waals surface area contributed by atoms with Crippen LogP contribution in [0.5, 0.6) is 0 Å². The maximum atomic E-state index is 11.4. The van der Waals surface area contributed by atoms with Gasteiger partial charge in [0, 0.05) is 6.04 Å². The zero-order valence-corrected chi connectivity index (χ0v) is 10.0. The van der Waals surface area contributed by atoms with Crippen molar-refractivity contribution < 1.29 is 8.42 Å². The first-order valence-corrected chi connectivity index (χ1v) is 6.91. The van der Waals surface area contributed by atoms with Gasteiger partial charge >= 0.3 is 0 Å². The summed E-state index contributed by atoms with van der Waals surface area (Å²) >= 11 is 0. The van der Waals surface area contributed by atoms with E-state index < -0.39 is 9.84 Å². The van der Waals surface area contributed by atoms with Crippen molar-refractivity contribution in [2.45, 2.75) is 38.0 Å². The second-order valence-corrected chi connectivity index (χ2v) is 6.78. The zero-order valence-electron chi connectivity index (χ0n) is 9.23. The number of sulfone groups is 1. The number of guanidine groups is 1. The quantitative estimate of drug-likeness (QED) is 0.512. The fraction of sp³-hybridized carbons (Fsp3) is 0.889. The standard InChI is InChI=1S/C9H19N3O2S/c1-7(2)15(13,14)6-5-11-9(10)12-8-3-4-8/h7-8H,3-6H2,1-2H3,(H3,10,11,12). The van der Waals surface area contributed by atoms with Crippen LogP contribution in [0.2, 0.25) is 0 Å². The molecule has 6 heteroatoms. The summed E-state index contributed by atoms with van der Waals surface area (Å²) in [5, 5.41) is 2.66. The van der Waals surface area contributed by atoms with E-state index in [0.717, 1.165) is 12.8 Å². The number of nitrogens with two attached hydrogens (primary N) is 1. The van der Waals surface area contributed by atoms with Crippen LogP contribution < -0.4 is 11.1 Å². The Labute approximate surface area is 91.1 Å². The van der Waals surface area contributed by atoms with Crippen molar-refractivity contribution in [2.24, 2.45) is 10.7 Å². The third-order valence-electron chi connectivity index (χ3n) is 2.31. The lowest BCUT2D eigenvalue weighted by molar-refractivity contribution is 0.587. The Kier molecular flexibility index (Phi) is 3.96. The molecule has 0 aromatic carbocycles. The molecule has 0 saturated heterocycles. The molecule has 0 atom stereocenters. The van der Waals surface area contributed by atoms with Gasteiger partial charge in [-0.2, -0.15) is 0 Å². The molecule has 0 aromatic heterocycles. The van der Waals surface area contributed by atoms with E-state index in [9.17, 15) is 8.42 Å². The van der Waals surface area contributed by atoms with Crippen molar-refractivity contribution >= 4 is 15.8 Å². The number of rotatable bonds is 5. The van der Waals surface area contributed by atoms with Crippen LogP contribution in [0.25, 0.3) is 0 Å². The van der Waals surface area contributed by atoms with Crippen molar-refractivity contribution in [3.05, 3.63) is 0 Å². The van der Waals surface area contributed by atoms with Crippen molar-refractivity contribution in [3.8, 4) is 0 Å². The molecule has 15 heavy (non-hydrogen) atoms. The molecule has 0 heterocycles. The third-order valence-corrected chi connectivity index (χ3v) is 4.49. The van der Waals surface area contributed by atoms with Crippen LogP contribution in [0.3, 0.4) is 0 Å². The molecule has 0 amide bonds. The Morgan fingerprint density at radius 1 is 1.53 bits per heavy atom. The number of nitrogens with one attached hydrogen (secondary N) is 1. The smallest absolute Gasteiger partial charge is 0.188 e. The Morgan fingerprint density at radius 2 is 2.13 bits per heavy atom. The van der Waals surface area contributed by atoms with Gasteiger partial charge in [0.25, 0.3) is 0 Å². The molecule has 5 nitrogen and oxygen atoms in total. The molecule has 1 aliphatic carbocycles. The lowest BCUT2D eigenvalue weighted by Crippen LogP contribution is -2.34. The molecule has 1 rings (SSSR count). The van der Waals surface area contributed by atoms with E-state index in [-0.39, 0.29) is 17.5 Å². The molecule has 0 spiro atoms.